The first-order valence-corrected chi connectivity index (χ1v) is 10.8. The number of fused-ring (bicyclic) bond motifs is 2. The van der Waals surface area contributed by atoms with Crippen molar-refractivity contribution in [3.8, 4) is 0 Å². The molecule has 8 nitrogen and oxygen atoms in total. The van der Waals surface area contributed by atoms with Crippen LogP contribution in [-0.2, 0) is 9.47 Å². The van der Waals surface area contributed by atoms with Crippen molar-refractivity contribution in [1.82, 2.24) is 15.4 Å². The molecule has 4 heterocycles. The molecule has 1 saturated heterocycles. The number of ether oxygens (including phenoxy) is 2. The third kappa shape index (κ3) is 3.82. The molecule has 2 aromatic rings. The maximum absolute atomic E-state index is 9.49. The average Bonchev–Trinajstić information content (AvgIpc) is 3.21. The van der Waals surface area contributed by atoms with Crippen molar-refractivity contribution in [2.75, 3.05) is 19.0 Å². The molecule has 31 heavy (non-hydrogen) atoms. The molecule has 0 aromatic carbocycles. The topological polar surface area (TPSA) is 101 Å². The SMILES string of the molecule is CNc1cccnc1C1=C2CC[C@@H]3O[C@@H](CO)O[C@@H]3CCC2C(c2ccccn2)=NN1. The van der Waals surface area contributed by atoms with Crippen LogP contribution in [0.25, 0.3) is 5.70 Å². The zero-order chi connectivity index (χ0) is 21.2. The highest BCUT2D eigenvalue weighted by atomic mass is 16.7. The number of hydrazone groups is 1. The van der Waals surface area contributed by atoms with Gasteiger partial charge in [-0.15, -0.1) is 0 Å². The van der Waals surface area contributed by atoms with Crippen molar-refractivity contribution in [2.24, 2.45) is 11.0 Å². The molecule has 3 aliphatic rings. The summed E-state index contributed by atoms with van der Waals surface area (Å²) < 4.78 is 11.9. The molecular weight excluding hydrogens is 394 g/mol. The van der Waals surface area contributed by atoms with Gasteiger partial charge in [-0.25, -0.2) is 0 Å². The molecule has 4 atom stereocenters. The van der Waals surface area contributed by atoms with E-state index in [1.165, 1.54) is 5.57 Å². The number of hydrogen-bond acceptors (Lipinski definition) is 8. The van der Waals surface area contributed by atoms with Gasteiger partial charge in [0.2, 0.25) is 0 Å². The number of rotatable bonds is 4. The van der Waals surface area contributed by atoms with Gasteiger partial charge in [0.15, 0.2) is 6.29 Å². The fourth-order valence-electron chi connectivity index (χ4n) is 4.80. The Morgan fingerprint density at radius 1 is 1.06 bits per heavy atom. The first-order chi connectivity index (χ1) is 15.3. The highest BCUT2D eigenvalue weighted by Crippen LogP contribution is 2.40. The smallest absolute Gasteiger partial charge is 0.181 e. The van der Waals surface area contributed by atoms with Crippen LogP contribution in [0.3, 0.4) is 0 Å². The number of nitrogens with zero attached hydrogens (tertiary/aromatic N) is 3. The van der Waals surface area contributed by atoms with Gasteiger partial charge in [0.1, 0.15) is 5.69 Å². The number of allylic oxidation sites excluding steroid dienone is 1. The van der Waals surface area contributed by atoms with E-state index in [2.05, 4.69) is 20.7 Å². The monoisotopic (exact) mass is 421 g/mol. The summed E-state index contributed by atoms with van der Waals surface area (Å²) in [5.74, 6) is 0.107. The number of nitrogens with one attached hydrogen (secondary N) is 2. The number of hydrogen-bond donors (Lipinski definition) is 3. The van der Waals surface area contributed by atoms with Gasteiger partial charge in [-0.1, -0.05) is 6.07 Å². The zero-order valence-electron chi connectivity index (χ0n) is 17.5. The van der Waals surface area contributed by atoms with Gasteiger partial charge in [-0.05, 0) is 55.5 Å². The van der Waals surface area contributed by atoms with Crippen molar-refractivity contribution in [1.29, 1.82) is 0 Å². The van der Waals surface area contributed by atoms with Crippen LogP contribution in [-0.4, -0.2) is 52.9 Å². The first-order valence-electron chi connectivity index (χ1n) is 10.8. The Morgan fingerprint density at radius 3 is 2.68 bits per heavy atom. The summed E-state index contributed by atoms with van der Waals surface area (Å²) in [5, 5.41) is 17.5. The summed E-state index contributed by atoms with van der Waals surface area (Å²) in [6.07, 6.45) is 6.37. The minimum atomic E-state index is -0.530. The average molecular weight is 422 g/mol. The van der Waals surface area contributed by atoms with Crippen LogP contribution < -0.4 is 10.7 Å². The van der Waals surface area contributed by atoms with Gasteiger partial charge in [0.05, 0.1) is 41.6 Å². The van der Waals surface area contributed by atoms with E-state index < -0.39 is 6.29 Å². The summed E-state index contributed by atoms with van der Waals surface area (Å²) >= 11 is 0. The molecule has 3 N–H and O–H groups in total. The van der Waals surface area contributed by atoms with Crippen LogP contribution in [0, 0.1) is 5.92 Å². The van der Waals surface area contributed by atoms with E-state index in [0.29, 0.717) is 0 Å². The maximum Gasteiger partial charge on any atom is 0.181 e. The van der Waals surface area contributed by atoms with Crippen molar-refractivity contribution >= 4 is 17.1 Å². The Bertz CT molecular complexity index is 994. The molecular formula is C23H27N5O3. The lowest BCUT2D eigenvalue weighted by Gasteiger charge is -2.33. The van der Waals surface area contributed by atoms with Crippen molar-refractivity contribution in [3.05, 3.63) is 59.7 Å². The van der Waals surface area contributed by atoms with Crippen LogP contribution in [0.2, 0.25) is 0 Å². The minimum Gasteiger partial charge on any atom is -0.391 e. The van der Waals surface area contributed by atoms with Gasteiger partial charge < -0.3 is 19.9 Å². The van der Waals surface area contributed by atoms with Crippen molar-refractivity contribution < 1.29 is 14.6 Å². The largest absolute Gasteiger partial charge is 0.391 e. The number of aromatic nitrogens is 2. The van der Waals surface area contributed by atoms with E-state index in [0.717, 1.165) is 54.2 Å². The van der Waals surface area contributed by atoms with Crippen molar-refractivity contribution in [3.63, 3.8) is 0 Å². The van der Waals surface area contributed by atoms with E-state index in [1.807, 2.05) is 37.4 Å². The van der Waals surface area contributed by atoms with Crippen LogP contribution in [0.1, 0.15) is 37.1 Å². The fraction of sp³-hybridized carbons (Fsp3) is 0.435. The van der Waals surface area contributed by atoms with Gasteiger partial charge in [-0.3, -0.25) is 15.4 Å². The van der Waals surface area contributed by atoms with Crippen LogP contribution in [0.4, 0.5) is 5.69 Å². The predicted molar refractivity (Wildman–Crippen MR) is 117 cm³/mol. The third-order valence-corrected chi connectivity index (χ3v) is 6.26. The Kier molecular flexibility index (Phi) is 5.67. The lowest BCUT2D eigenvalue weighted by molar-refractivity contribution is -0.0959. The summed E-state index contributed by atoms with van der Waals surface area (Å²) in [4.78, 5) is 9.21. The Morgan fingerprint density at radius 2 is 1.90 bits per heavy atom. The third-order valence-electron chi connectivity index (χ3n) is 6.26. The summed E-state index contributed by atoms with van der Waals surface area (Å²) in [7, 11) is 1.90. The number of pyridine rings is 2. The van der Waals surface area contributed by atoms with E-state index in [9.17, 15) is 5.11 Å². The van der Waals surface area contributed by atoms with Gasteiger partial charge >= 0.3 is 0 Å². The molecule has 2 aliphatic heterocycles. The summed E-state index contributed by atoms with van der Waals surface area (Å²) in [6.45, 7) is -0.119. The second kappa shape index (κ2) is 8.74. The molecule has 0 radical (unpaired) electrons. The molecule has 1 aliphatic carbocycles. The maximum atomic E-state index is 9.49. The van der Waals surface area contributed by atoms with E-state index in [4.69, 9.17) is 14.6 Å². The lowest BCUT2D eigenvalue weighted by Crippen LogP contribution is -2.34. The lowest BCUT2D eigenvalue weighted by atomic mass is 9.78. The molecule has 162 valence electrons. The standard InChI is InChI=1S/C23H27N5O3/c1-24-16-6-4-12-26-23(16)22-15-8-10-19-18(30-20(13-29)31-19)9-7-14(15)21(27-28-22)17-5-2-3-11-25-17/h2-6,11-12,14,18-20,24,28-29H,7-10,13H2,1H3/t14?,18-,19+,20+/m1/s1. The van der Waals surface area contributed by atoms with E-state index in [-0.39, 0.29) is 24.7 Å². The van der Waals surface area contributed by atoms with Gasteiger partial charge in [-0.2, -0.15) is 5.10 Å². The molecule has 2 fully saturated rings. The Balaban J connectivity index is 1.55. The summed E-state index contributed by atoms with van der Waals surface area (Å²) in [5.41, 5.74) is 9.15. The Hall–Kier alpha value is -2.81. The normalized spacial score (nSPS) is 28.0. The molecule has 8 heteroatoms. The second-order valence-electron chi connectivity index (χ2n) is 8.00. The van der Waals surface area contributed by atoms with E-state index in [1.54, 1.807) is 12.4 Å². The van der Waals surface area contributed by atoms with E-state index >= 15 is 0 Å². The van der Waals surface area contributed by atoms with Gasteiger partial charge in [0, 0.05) is 25.4 Å². The number of aliphatic hydroxyl groups is 1. The zero-order valence-corrected chi connectivity index (χ0v) is 17.5. The minimum absolute atomic E-state index is 0.00950. The van der Waals surface area contributed by atoms with Crippen LogP contribution >= 0.6 is 0 Å². The van der Waals surface area contributed by atoms with Gasteiger partial charge in [0.25, 0.3) is 0 Å². The molecule has 0 amide bonds. The quantitative estimate of drug-likeness (QED) is 0.697. The first kappa shape index (κ1) is 20.1. The summed E-state index contributed by atoms with van der Waals surface area (Å²) in [6, 6.07) is 9.84. The number of anilines is 1. The fourth-order valence-corrected chi connectivity index (χ4v) is 4.80. The molecule has 5 rings (SSSR count). The highest BCUT2D eigenvalue weighted by Gasteiger charge is 2.40. The van der Waals surface area contributed by atoms with Crippen LogP contribution in [0.15, 0.2) is 53.4 Å². The molecule has 1 saturated carbocycles. The molecule has 0 bridgehead atoms. The number of aliphatic hydroxyl groups excluding tert-OH is 1. The van der Waals surface area contributed by atoms with Crippen molar-refractivity contribution in [2.45, 2.75) is 44.2 Å². The molecule has 1 unspecified atom stereocenters. The van der Waals surface area contributed by atoms with Crippen LogP contribution in [0.5, 0.6) is 0 Å². The Labute approximate surface area is 181 Å². The second-order valence-corrected chi connectivity index (χ2v) is 8.00. The molecule has 0 spiro atoms. The highest BCUT2D eigenvalue weighted by molar-refractivity contribution is 6.04. The molecule has 2 aromatic heterocycles. The predicted octanol–water partition coefficient (Wildman–Crippen LogP) is 2.53.